The zero-order valence-corrected chi connectivity index (χ0v) is 14.7. The first kappa shape index (κ1) is 16.2. The van der Waals surface area contributed by atoms with Crippen LogP contribution in [-0.4, -0.2) is 22.5 Å². The van der Waals surface area contributed by atoms with Crippen molar-refractivity contribution in [2.45, 2.75) is 70.8 Å². The highest BCUT2D eigenvalue weighted by molar-refractivity contribution is 5.96. The molecule has 132 valence electrons. The quantitative estimate of drug-likeness (QED) is 0.414. The molecular weight excluding hydrogens is 304 g/mol. The Morgan fingerprint density at radius 3 is 2.67 bits per heavy atom. The third kappa shape index (κ3) is 2.18. The van der Waals surface area contributed by atoms with E-state index >= 15 is 0 Å². The molecule has 4 aliphatic rings. The van der Waals surface area contributed by atoms with Gasteiger partial charge in [0, 0.05) is 24.3 Å². The van der Waals surface area contributed by atoms with Gasteiger partial charge in [-0.2, -0.15) is 0 Å². The zero-order chi connectivity index (χ0) is 17.1. The van der Waals surface area contributed by atoms with Crippen LogP contribution in [0.5, 0.6) is 0 Å². The molecule has 3 saturated carbocycles. The van der Waals surface area contributed by atoms with Crippen LogP contribution in [0.25, 0.3) is 0 Å². The highest BCUT2D eigenvalue weighted by Crippen LogP contribution is 2.63. The lowest BCUT2D eigenvalue weighted by molar-refractivity contribution is -0.201. The van der Waals surface area contributed by atoms with Gasteiger partial charge in [0.25, 0.3) is 0 Å². The first-order valence-corrected chi connectivity index (χ1v) is 9.46. The van der Waals surface area contributed by atoms with E-state index in [-0.39, 0.29) is 22.8 Å². The molecule has 1 N–H and O–H groups in total. The van der Waals surface area contributed by atoms with Gasteiger partial charge in [0.1, 0.15) is 5.60 Å². The fraction of sp³-hybridized carbons (Fsp3) is 0.800. The van der Waals surface area contributed by atoms with E-state index in [1.165, 1.54) is 0 Å². The summed E-state index contributed by atoms with van der Waals surface area (Å²) in [5.74, 6) is 2.11. The molecule has 24 heavy (non-hydrogen) atoms. The summed E-state index contributed by atoms with van der Waals surface area (Å²) in [5.41, 5.74) is 0.409. The average molecular weight is 332 g/mol. The first-order chi connectivity index (χ1) is 11.4. The number of carbonyl (C=O) groups excluding carboxylic acids is 2. The molecule has 3 aliphatic carbocycles. The van der Waals surface area contributed by atoms with Crippen molar-refractivity contribution in [3.8, 4) is 0 Å². The number of fused-ring (bicyclic) bond motifs is 5. The number of rotatable bonds is 0. The second-order valence-electron chi connectivity index (χ2n) is 8.98. The summed E-state index contributed by atoms with van der Waals surface area (Å²) < 4.78 is 5.81. The molecule has 0 aromatic carbocycles. The average Bonchev–Trinajstić information content (AvgIpc) is 2.53. The standard InChI is InChI=1S/C20H28O4/c1-19-10-12(11-21)17(22)9-13(19)3-4-14-15(19)7-8-20(2)16(14)5-6-18(23)24-20/h11,13-16,21H,3-10H2,1-2H3/b12-11+/t13-,14+,15-,16-,19-,20-/m0/s1. The molecule has 0 spiro atoms. The normalized spacial score (nSPS) is 49.8. The van der Waals surface area contributed by atoms with Crippen molar-refractivity contribution in [3.63, 3.8) is 0 Å². The number of carbonyl (C=O) groups is 2. The van der Waals surface area contributed by atoms with Crippen molar-refractivity contribution in [2.75, 3.05) is 0 Å². The highest BCUT2D eigenvalue weighted by atomic mass is 16.6. The van der Waals surface area contributed by atoms with Crippen molar-refractivity contribution in [3.05, 3.63) is 11.8 Å². The van der Waals surface area contributed by atoms with Gasteiger partial charge in [-0.25, -0.2) is 0 Å². The second kappa shape index (κ2) is 5.34. The molecule has 4 nitrogen and oxygen atoms in total. The lowest BCUT2D eigenvalue weighted by Gasteiger charge is -2.61. The number of ether oxygens (including phenoxy) is 1. The lowest BCUT2D eigenvalue weighted by Crippen LogP contribution is -2.58. The maximum atomic E-state index is 12.2. The summed E-state index contributed by atoms with van der Waals surface area (Å²) in [7, 11) is 0. The first-order valence-electron chi connectivity index (χ1n) is 9.46. The van der Waals surface area contributed by atoms with Gasteiger partial charge in [-0.1, -0.05) is 6.92 Å². The van der Waals surface area contributed by atoms with Crippen LogP contribution in [0.15, 0.2) is 11.8 Å². The Morgan fingerprint density at radius 2 is 1.92 bits per heavy atom. The molecule has 4 fully saturated rings. The van der Waals surface area contributed by atoms with Gasteiger partial charge < -0.3 is 9.84 Å². The van der Waals surface area contributed by atoms with Crippen LogP contribution in [0.3, 0.4) is 0 Å². The maximum Gasteiger partial charge on any atom is 0.306 e. The molecule has 4 rings (SSSR count). The molecule has 0 unspecified atom stereocenters. The topological polar surface area (TPSA) is 63.6 Å². The van der Waals surface area contributed by atoms with E-state index in [0.717, 1.165) is 38.4 Å². The van der Waals surface area contributed by atoms with Gasteiger partial charge >= 0.3 is 5.97 Å². The maximum absolute atomic E-state index is 12.2. The summed E-state index contributed by atoms with van der Waals surface area (Å²) in [6.07, 6.45) is 8.05. The van der Waals surface area contributed by atoms with E-state index in [1.54, 1.807) is 0 Å². The fourth-order valence-electron chi connectivity index (χ4n) is 6.64. The minimum absolute atomic E-state index is 0.0409. The molecule has 1 saturated heterocycles. The molecule has 0 aromatic heterocycles. The predicted molar refractivity (Wildman–Crippen MR) is 89.2 cm³/mol. The Labute approximate surface area is 143 Å². The second-order valence-corrected chi connectivity index (χ2v) is 8.98. The van der Waals surface area contributed by atoms with Gasteiger partial charge in [0.05, 0.1) is 6.26 Å². The minimum atomic E-state index is -0.292. The fourth-order valence-corrected chi connectivity index (χ4v) is 6.64. The van der Waals surface area contributed by atoms with Crippen LogP contribution in [0.1, 0.15) is 65.2 Å². The molecule has 0 amide bonds. The SMILES string of the molecule is C[C@]12C/C(=C\O)C(=O)C[C@@H]1CC[C@@H]1[C@@H]2CC[C@]2(C)OC(=O)CC[C@@H]12. The molecule has 1 heterocycles. The number of hydrogen-bond acceptors (Lipinski definition) is 4. The summed E-state index contributed by atoms with van der Waals surface area (Å²) in [6.45, 7) is 4.46. The van der Waals surface area contributed by atoms with E-state index in [4.69, 9.17) is 4.74 Å². The van der Waals surface area contributed by atoms with Gasteiger partial charge in [-0.15, -0.1) is 0 Å². The van der Waals surface area contributed by atoms with Gasteiger partial charge in [0.15, 0.2) is 5.78 Å². The number of ketones is 1. The number of esters is 1. The van der Waals surface area contributed by atoms with Crippen LogP contribution in [0, 0.1) is 29.1 Å². The Hall–Kier alpha value is -1.32. The van der Waals surface area contributed by atoms with Crippen LogP contribution in [0.4, 0.5) is 0 Å². The molecule has 0 bridgehead atoms. The highest BCUT2D eigenvalue weighted by Gasteiger charge is 2.59. The Bertz CT molecular complexity index is 609. The van der Waals surface area contributed by atoms with E-state index < -0.39 is 0 Å². The Balaban J connectivity index is 1.65. The van der Waals surface area contributed by atoms with E-state index in [9.17, 15) is 14.7 Å². The van der Waals surface area contributed by atoms with Crippen molar-refractivity contribution in [1.82, 2.24) is 0 Å². The lowest BCUT2D eigenvalue weighted by atomic mass is 9.45. The Kier molecular flexibility index (Phi) is 3.59. The smallest absolute Gasteiger partial charge is 0.306 e. The molecule has 6 atom stereocenters. The molecule has 0 radical (unpaired) electrons. The van der Waals surface area contributed by atoms with Crippen LogP contribution < -0.4 is 0 Å². The van der Waals surface area contributed by atoms with Crippen molar-refractivity contribution >= 4 is 11.8 Å². The van der Waals surface area contributed by atoms with E-state index in [2.05, 4.69) is 13.8 Å². The number of allylic oxidation sites excluding steroid dienone is 1. The molecular formula is C20H28O4. The summed E-state index contributed by atoms with van der Waals surface area (Å²) >= 11 is 0. The van der Waals surface area contributed by atoms with E-state index in [1.807, 2.05) is 0 Å². The predicted octanol–water partition coefficient (Wildman–Crippen LogP) is 3.95. The van der Waals surface area contributed by atoms with Crippen molar-refractivity contribution in [1.29, 1.82) is 0 Å². The molecule has 0 aromatic rings. The van der Waals surface area contributed by atoms with E-state index in [0.29, 0.717) is 48.5 Å². The summed E-state index contributed by atoms with van der Waals surface area (Å²) in [6, 6.07) is 0. The largest absolute Gasteiger partial charge is 0.515 e. The van der Waals surface area contributed by atoms with Gasteiger partial charge in [-0.05, 0) is 68.6 Å². The van der Waals surface area contributed by atoms with Crippen LogP contribution >= 0.6 is 0 Å². The third-order valence-corrected chi connectivity index (χ3v) is 7.92. The number of aliphatic hydroxyl groups excluding tert-OH is 1. The third-order valence-electron chi connectivity index (χ3n) is 7.92. The number of hydrogen-bond donors (Lipinski definition) is 1. The monoisotopic (exact) mass is 332 g/mol. The zero-order valence-electron chi connectivity index (χ0n) is 14.7. The van der Waals surface area contributed by atoms with Crippen molar-refractivity contribution in [2.24, 2.45) is 29.1 Å². The summed E-state index contributed by atoms with van der Waals surface area (Å²) in [4.78, 5) is 24.0. The van der Waals surface area contributed by atoms with Crippen LogP contribution in [0.2, 0.25) is 0 Å². The Morgan fingerprint density at radius 1 is 1.12 bits per heavy atom. The number of Topliss-reactive ketones (excluding diaryl/α,β-unsaturated/α-hetero) is 1. The minimum Gasteiger partial charge on any atom is -0.515 e. The van der Waals surface area contributed by atoms with Crippen LogP contribution in [-0.2, 0) is 14.3 Å². The summed E-state index contributed by atoms with van der Waals surface area (Å²) in [5, 5.41) is 9.48. The number of aliphatic hydroxyl groups is 1. The van der Waals surface area contributed by atoms with Crippen molar-refractivity contribution < 1.29 is 19.4 Å². The molecule has 1 aliphatic heterocycles. The molecule has 4 heteroatoms. The van der Waals surface area contributed by atoms with Gasteiger partial charge in [-0.3, -0.25) is 9.59 Å². The van der Waals surface area contributed by atoms with Gasteiger partial charge in [0.2, 0.25) is 0 Å².